The first-order chi connectivity index (χ1) is 15.8. The molecule has 3 aromatic rings. The van der Waals surface area contributed by atoms with Gasteiger partial charge in [-0.25, -0.2) is 0 Å². The predicted molar refractivity (Wildman–Crippen MR) is 121 cm³/mol. The minimum atomic E-state index is -4.57. The van der Waals surface area contributed by atoms with Gasteiger partial charge in [-0.15, -0.1) is 0 Å². The molecule has 0 unspecified atom stereocenters. The lowest BCUT2D eigenvalue weighted by Gasteiger charge is -2.14. The molecule has 0 saturated carbocycles. The van der Waals surface area contributed by atoms with Gasteiger partial charge in [-0.3, -0.25) is 9.59 Å². The summed E-state index contributed by atoms with van der Waals surface area (Å²) in [6, 6.07) is 18.1. The van der Waals surface area contributed by atoms with Gasteiger partial charge in [0.15, 0.2) is 0 Å². The van der Waals surface area contributed by atoms with Gasteiger partial charge < -0.3 is 20.7 Å². The van der Waals surface area contributed by atoms with Crippen molar-refractivity contribution in [2.24, 2.45) is 0 Å². The lowest BCUT2D eigenvalue weighted by molar-refractivity contribution is -0.137. The molecule has 0 heterocycles. The number of hydrogen-bond acceptors (Lipinski definition) is 4. The predicted octanol–water partition coefficient (Wildman–Crippen LogP) is 5.41. The number of halogens is 3. The van der Waals surface area contributed by atoms with E-state index in [9.17, 15) is 22.8 Å². The molecule has 0 aromatic heterocycles. The van der Waals surface area contributed by atoms with Gasteiger partial charge >= 0.3 is 6.18 Å². The van der Waals surface area contributed by atoms with E-state index in [4.69, 9.17) is 4.74 Å². The van der Waals surface area contributed by atoms with Crippen LogP contribution in [0.3, 0.4) is 0 Å². The molecule has 0 aliphatic rings. The molecular formula is C24H22F3N3O3. The number of carbonyl (C=O) groups excluding carboxylic acids is 2. The largest absolute Gasteiger partial charge is 0.494 e. The summed E-state index contributed by atoms with van der Waals surface area (Å²) >= 11 is 0. The highest BCUT2D eigenvalue weighted by molar-refractivity contribution is 6.04. The Morgan fingerprint density at radius 1 is 0.848 bits per heavy atom. The van der Waals surface area contributed by atoms with E-state index in [2.05, 4.69) is 16.0 Å². The minimum absolute atomic E-state index is 0.246. The SMILES string of the molecule is CCOc1ccc(NC(=O)c2ccc(NCC(=O)Nc3ccccc3C(F)(F)F)cc2)cc1. The van der Waals surface area contributed by atoms with Gasteiger partial charge in [0, 0.05) is 16.9 Å². The summed E-state index contributed by atoms with van der Waals surface area (Å²) in [5, 5.41) is 7.85. The van der Waals surface area contributed by atoms with Crippen molar-refractivity contribution in [2.45, 2.75) is 13.1 Å². The number of benzene rings is 3. The van der Waals surface area contributed by atoms with Crippen LogP contribution in [0.1, 0.15) is 22.8 Å². The number of ether oxygens (including phenoxy) is 1. The maximum Gasteiger partial charge on any atom is 0.418 e. The Morgan fingerprint density at radius 3 is 2.12 bits per heavy atom. The van der Waals surface area contributed by atoms with E-state index in [0.717, 1.165) is 6.07 Å². The van der Waals surface area contributed by atoms with Crippen molar-refractivity contribution >= 4 is 28.9 Å². The Morgan fingerprint density at radius 2 is 1.48 bits per heavy atom. The number of amides is 2. The molecule has 6 nitrogen and oxygen atoms in total. The van der Waals surface area contributed by atoms with Crippen molar-refractivity contribution in [2.75, 3.05) is 29.1 Å². The van der Waals surface area contributed by atoms with E-state index in [-0.39, 0.29) is 18.1 Å². The standard InChI is InChI=1S/C24H22F3N3O3/c1-2-33-19-13-11-18(12-14-19)29-23(32)16-7-9-17(10-8-16)28-15-22(31)30-21-6-4-3-5-20(21)24(25,26)27/h3-14,28H,2,15H2,1H3,(H,29,32)(H,30,31). The molecule has 3 N–H and O–H groups in total. The highest BCUT2D eigenvalue weighted by Gasteiger charge is 2.33. The van der Waals surface area contributed by atoms with Crippen LogP contribution in [0.2, 0.25) is 0 Å². The van der Waals surface area contributed by atoms with Crippen molar-refractivity contribution < 1.29 is 27.5 Å². The number of rotatable bonds is 8. The minimum Gasteiger partial charge on any atom is -0.494 e. The van der Waals surface area contributed by atoms with Crippen LogP contribution in [0.4, 0.5) is 30.2 Å². The average molecular weight is 457 g/mol. The van der Waals surface area contributed by atoms with Gasteiger partial charge in [0.2, 0.25) is 5.91 Å². The van der Waals surface area contributed by atoms with Crippen LogP contribution in [0.15, 0.2) is 72.8 Å². The van der Waals surface area contributed by atoms with Crippen LogP contribution in [0.5, 0.6) is 5.75 Å². The zero-order valence-electron chi connectivity index (χ0n) is 17.7. The molecule has 3 aromatic carbocycles. The van der Waals surface area contributed by atoms with Gasteiger partial charge in [-0.2, -0.15) is 13.2 Å². The molecule has 0 spiro atoms. The Bertz CT molecular complexity index is 1100. The first-order valence-electron chi connectivity index (χ1n) is 10.1. The molecule has 0 bridgehead atoms. The summed E-state index contributed by atoms with van der Waals surface area (Å²) < 4.78 is 44.5. The molecular weight excluding hydrogens is 435 g/mol. The summed E-state index contributed by atoms with van der Waals surface area (Å²) in [6.07, 6.45) is -4.57. The van der Waals surface area contributed by atoms with Gasteiger partial charge in [-0.05, 0) is 67.6 Å². The van der Waals surface area contributed by atoms with E-state index < -0.39 is 17.6 Å². The zero-order valence-corrected chi connectivity index (χ0v) is 17.7. The molecule has 0 saturated heterocycles. The fourth-order valence-electron chi connectivity index (χ4n) is 2.96. The fraction of sp³-hybridized carbons (Fsp3) is 0.167. The number of anilines is 3. The number of para-hydroxylation sites is 1. The van der Waals surface area contributed by atoms with Gasteiger partial charge in [0.05, 0.1) is 24.4 Å². The van der Waals surface area contributed by atoms with Crippen LogP contribution in [-0.4, -0.2) is 25.0 Å². The number of carbonyl (C=O) groups is 2. The maximum atomic E-state index is 13.0. The Hall–Kier alpha value is -4.01. The van der Waals surface area contributed by atoms with Crippen LogP contribution >= 0.6 is 0 Å². The highest BCUT2D eigenvalue weighted by atomic mass is 19.4. The molecule has 33 heavy (non-hydrogen) atoms. The van der Waals surface area contributed by atoms with Crippen molar-refractivity contribution in [1.29, 1.82) is 0 Å². The normalized spacial score (nSPS) is 10.9. The molecule has 0 aliphatic carbocycles. The summed E-state index contributed by atoms with van der Waals surface area (Å²) in [7, 11) is 0. The van der Waals surface area contributed by atoms with E-state index in [1.807, 2.05) is 6.92 Å². The van der Waals surface area contributed by atoms with Crippen LogP contribution < -0.4 is 20.7 Å². The first-order valence-corrected chi connectivity index (χ1v) is 10.1. The Balaban J connectivity index is 1.53. The third kappa shape index (κ3) is 6.73. The molecule has 0 atom stereocenters. The van der Waals surface area contributed by atoms with Crippen molar-refractivity contribution in [3.63, 3.8) is 0 Å². The summed E-state index contributed by atoms with van der Waals surface area (Å²) in [5.41, 5.74) is 0.325. The second kappa shape index (κ2) is 10.5. The molecule has 9 heteroatoms. The quantitative estimate of drug-likeness (QED) is 0.423. The average Bonchev–Trinajstić information content (AvgIpc) is 2.79. The van der Waals surface area contributed by atoms with Gasteiger partial charge in [0.1, 0.15) is 5.75 Å². The van der Waals surface area contributed by atoms with Crippen molar-refractivity contribution in [1.82, 2.24) is 0 Å². The highest BCUT2D eigenvalue weighted by Crippen LogP contribution is 2.34. The van der Waals surface area contributed by atoms with E-state index in [1.165, 1.54) is 18.2 Å². The number of alkyl halides is 3. The maximum absolute atomic E-state index is 13.0. The van der Waals surface area contributed by atoms with Gasteiger partial charge in [0.25, 0.3) is 5.91 Å². The second-order valence-corrected chi connectivity index (χ2v) is 6.93. The molecule has 0 aliphatic heterocycles. The van der Waals surface area contributed by atoms with Crippen LogP contribution in [0, 0.1) is 0 Å². The van der Waals surface area contributed by atoms with E-state index in [1.54, 1.807) is 48.5 Å². The second-order valence-electron chi connectivity index (χ2n) is 6.93. The van der Waals surface area contributed by atoms with Crippen molar-refractivity contribution in [3.8, 4) is 5.75 Å². The third-order valence-electron chi connectivity index (χ3n) is 4.53. The lowest BCUT2D eigenvalue weighted by atomic mass is 10.1. The zero-order chi connectivity index (χ0) is 23.8. The van der Waals surface area contributed by atoms with Crippen LogP contribution in [0.25, 0.3) is 0 Å². The first kappa shape index (κ1) is 23.6. The Kier molecular flexibility index (Phi) is 7.55. The lowest BCUT2D eigenvalue weighted by Crippen LogP contribution is -2.23. The van der Waals surface area contributed by atoms with E-state index in [0.29, 0.717) is 29.3 Å². The summed E-state index contributed by atoms with van der Waals surface area (Å²) in [5.74, 6) is -0.243. The van der Waals surface area contributed by atoms with Gasteiger partial charge in [-0.1, -0.05) is 12.1 Å². The molecule has 2 amide bonds. The molecule has 0 radical (unpaired) electrons. The monoisotopic (exact) mass is 457 g/mol. The molecule has 0 fully saturated rings. The smallest absolute Gasteiger partial charge is 0.418 e. The number of hydrogen-bond donors (Lipinski definition) is 3. The topological polar surface area (TPSA) is 79.5 Å². The van der Waals surface area contributed by atoms with Crippen molar-refractivity contribution in [3.05, 3.63) is 83.9 Å². The van der Waals surface area contributed by atoms with Crippen LogP contribution in [-0.2, 0) is 11.0 Å². The molecule has 3 rings (SSSR count). The van der Waals surface area contributed by atoms with E-state index >= 15 is 0 Å². The summed E-state index contributed by atoms with van der Waals surface area (Å²) in [4.78, 5) is 24.5. The Labute approximate surface area is 188 Å². The third-order valence-corrected chi connectivity index (χ3v) is 4.53. The number of nitrogens with one attached hydrogen (secondary N) is 3. The fourth-order valence-corrected chi connectivity index (χ4v) is 2.96. The summed E-state index contributed by atoms with van der Waals surface area (Å²) in [6.45, 7) is 2.19. The molecule has 172 valence electrons.